The Balaban J connectivity index is 1.90. The lowest BCUT2D eigenvalue weighted by Gasteiger charge is -2.22. The van der Waals surface area contributed by atoms with Gasteiger partial charge in [0, 0.05) is 17.7 Å². The molecule has 0 aromatic heterocycles. The van der Waals surface area contributed by atoms with Gasteiger partial charge in [-0.2, -0.15) is 5.10 Å². The lowest BCUT2D eigenvalue weighted by Crippen LogP contribution is -2.38. The molecule has 0 heterocycles. The van der Waals surface area contributed by atoms with Crippen LogP contribution in [-0.4, -0.2) is 36.9 Å². The Hall–Kier alpha value is -2.08. The van der Waals surface area contributed by atoms with Crippen LogP contribution in [0.25, 0.3) is 0 Å². The smallest absolute Gasteiger partial charge is 0.254 e. The van der Waals surface area contributed by atoms with Crippen molar-refractivity contribution >= 4 is 12.1 Å². The first-order chi connectivity index (χ1) is 12.9. The van der Waals surface area contributed by atoms with Gasteiger partial charge in [-0.25, -0.2) is 5.43 Å². The van der Waals surface area contributed by atoms with Crippen molar-refractivity contribution in [2.24, 2.45) is 5.10 Å². The Morgan fingerprint density at radius 1 is 1.15 bits per heavy atom. The zero-order valence-corrected chi connectivity index (χ0v) is 17.0. The first kappa shape index (κ1) is 21.2. The Labute approximate surface area is 162 Å². The van der Waals surface area contributed by atoms with Gasteiger partial charge in [-0.05, 0) is 52.7 Å². The van der Waals surface area contributed by atoms with Gasteiger partial charge in [0.1, 0.15) is 11.5 Å². The molecule has 6 heteroatoms. The van der Waals surface area contributed by atoms with Crippen LogP contribution in [-0.2, 0) is 4.79 Å². The molecule has 2 rings (SSSR count). The zero-order valence-electron chi connectivity index (χ0n) is 17.0. The van der Waals surface area contributed by atoms with Gasteiger partial charge < -0.3 is 14.8 Å². The molecule has 1 aliphatic carbocycles. The van der Waals surface area contributed by atoms with Crippen LogP contribution < -0.4 is 20.2 Å². The van der Waals surface area contributed by atoms with Crippen molar-refractivity contribution in [1.29, 1.82) is 0 Å². The molecule has 1 fully saturated rings. The van der Waals surface area contributed by atoms with Crippen molar-refractivity contribution in [3.05, 3.63) is 23.8 Å². The predicted molar refractivity (Wildman–Crippen MR) is 109 cm³/mol. The highest BCUT2D eigenvalue weighted by Gasteiger charge is 2.13. The SMILES string of the molecule is CC(C)Oc1ccc(/C=N\NC(=O)CNC2CCCCC2)c(OC(C)C)c1. The average Bonchev–Trinajstić information content (AvgIpc) is 2.61. The first-order valence-electron chi connectivity index (χ1n) is 9.96. The number of nitrogens with one attached hydrogen (secondary N) is 2. The van der Waals surface area contributed by atoms with Crippen molar-refractivity contribution in [2.45, 2.75) is 78.0 Å². The fraction of sp³-hybridized carbons (Fsp3) is 0.619. The maximum atomic E-state index is 12.0. The minimum atomic E-state index is -0.136. The Kier molecular flexibility index (Phi) is 8.58. The van der Waals surface area contributed by atoms with Crippen LogP contribution in [0.4, 0.5) is 0 Å². The van der Waals surface area contributed by atoms with Gasteiger partial charge in [-0.1, -0.05) is 19.3 Å². The summed E-state index contributed by atoms with van der Waals surface area (Å²) in [4.78, 5) is 12.0. The highest BCUT2D eigenvalue weighted by Crippen LogP contribution is 2.25. The average molecular weight is 376 g/mol. The van der Waals surface area contributed by atoms with Gasteiger partial charge >= 0.3 is 0 Å². The van der Waals surface area contributed by atoms with E-state index in [0.717, 1.165) is 24.2 Å². The van der Waals surface area contributed by atoms with Crippen molar-refractivity contribution in [2.75, 3.05) is 6.54 Å². The summed E-state index contributed by atoms with van der Waals surface area (Å²) in [6.45, 7) is 8.19. The van der Waals surface area contributed by atoms with E-state index >= 15 is 0 Å². The van der Waals surface area contributed by atoms with Gasteiger partial charge in [0.2, 0.25) is 0 Å². The molecule has 1 aromatic rings. The fourth-order valence-electron chi connectivity index (χ4n) is 3.08. The molecule has 0 radical (unpaired) electrons. The minimum absolute atomic E-state index is 0.0285. The highest BCUT2D eigenvalue weighted by atomic mass is 16.5. The summed E-state index contributed by atoms with van der Waals surface area (Å²) in [6, 6.07) is 6.06. The maximum absolute atomic E-state index is 12.0. The van der Waals surface area contributed by atoms with E-state index in [1.165, 1.54) is 19.3 Å². The summed E-state index contributed by atoms with van der Waals surface area (Å²) in [7, 11) is 0. The molecule has 1 aromatic carbocycles. The third-order valence-corrected chi connectivity index (χ3v) is 4.27. The van der Waals surface area contributed by atoms with Crippen LogP contribution in [0.1, 0.15) is 65.4 Å². The van der Waals surface area contributed by atoms with Crippen molar-refractivity contribution in [3.8, 4) is 11.5 Å². The van der Waals surface area contributed by atoms with E-state index in [2.05, 4.69) is 15.8 Å². The van der Waals surface area contributed by atoms with Crippen molar-refractivity contribution in [1.82, 2.24) is 10.7 Å². The topological polar surface area (TPSA) is 72.0 Å². The van der Waals surface area contributed by atoms with Gasteiger partial charge in [0.15, 0.2) is 0 Å². The molecule has 0 saturated heterocycles. The normalized spacial score (nSPS) is 15.5. The van der Waals surface area contributed by atoms with E-state index in [-0.39, 0.29) is 18.1 Å². The summed E-state index contributed by atoms with van der Waals surface area (Å²) >= 11 is 0. The number of hydrazone groups is 1. The van der Waals surface area contributed by atoms with Gasteiger partial charge in [-0.3, -0.25) is 4.79 Å². The monoisotopic (exact) mass is 375 g/mol. The second-order valence-electron chi connectivity index (χ2n) is 7.54. The summed E-state index contributed by atoms with van der Waals surface area (Å²) in [6.07, 6.45) is 7.81. The number of amides is 1. The van der Waals surface area contributed by atoms with E-state index in [0.29, 0.717) is 18.3 Å². The molecule has 6 nitrogen and oxygen atoms in total. The minimum Gasteiger partial charge on any atom is -0.491 e. The lowest BCUT2D eigenvalue weighted by atomic mass is 9.95. The van der Waals surface area contributed by atoms with Gasteiger partial charge in [-0.15, -0.1) is 0 Å². The number of rotatable bonds is 9. The Morgan fingerprint density at radius 3 is 2.52 bits per heavy atom. The molecule has 0 aliphatic heterocycles. The van der Waals surface area contributed by atoms with Gasteiger partial charge in [0.25, 0.3) is 5.91 Å². The molecule has 27 heavy (non-hydrogen) atoms. The molecular weight excluding hydrogens is 342 g/mol. The molecule has 0 unspecified atom stereocenters. The molecular formula is C21H33N3O3. The van der Waals surface area contributed by atoms with Crippen LogP contribution in [0.2, 0.25) is 0 Å². The number of carbonyl (C=O) groups excluding carboxylic acids is 1. The standard InChI is InChI=1S/C21H33N3O3/c1-15(2)26-19-11-10-17(20(12-19)27-16(3)4)13-23-24-21(25)14-22-18-8-6-5-7-9-18/h10-13,15-16,18,22H,5-9,14H2,1-4H3,(H,24,25)/b23-13-. The molecule has 1 saturated carbocycles. The van der Waals surface area contributed by atoms with Crippen LogP contribution >= 0.6 is 0 Å². The van der Waals surface area contributed by atoms with Crippen LogP contribution in [0, 0.1) is 0 Å². The van der Waals surface area contributed by atoms with Crippen LogP contribution in [0.15, 0.2) is 23.3 Å². The molecule has 2 N–H and O–H groups in total. The van der Waals surface area contributed by atoms with E-state index in [4.69, 9.17) is 9.47 Å². The number of hydrogen-bond acceptors (Lipinski definition) is 5. The molecule has 150 valence electrons. The van der Waals surface area contributed by atoms with E-state index in [9.17, 15) is 4.79 Å². The van der Waals surface area contributed by atoms with Crippen LogP contribution in [0.3, 0.4) is 0 Å². The van der Waals surface area contributed by atoms with Crippen LogP contribution in [0.5, 0.6) is 11.5 Å². The molecule has 0 spiro atoms. The summed E-state index contributed by atoms with van der Waals surface area (Å²) in [5.74, 6) is 1.29. The largest absolute Gasteiger partial charge is 0.491 e. The molecule has 1 amide bonds. The second-order valence-corrected chi connectivity index (χ2v) is 7.54. The number of carbonyl (C=O) groups is 1. The van der Waals surface area contributed by atoms with E-state index in [1.807, 2.05) is 45.9 Å². The second kappa shape index (κ2) is 10.9. The van der Waals surface area contributed by atoms with Crippen molar-refractivity contribution in [3.63, 3.8) is 0 Å². The van der Waals surface area contributed by atoms with Crippen molar-refractivity contribution < 1.29 is 14.3 Å². The predicted octanol–water partition coefficient (Wildman–Crippen LogP) is 3.63. The summed E-state index contributed by atoms with van der Waals surface area (Å²) in [5, 5.41) is 7.38. The fourth-order valence-corrected chi connectivity index (χ4v) is 3.08. The third-order valence-electron chi connectivity index (χ3n) is 4.27. The summed E-state index contributed by atoms with van der Waals surface area (Å²) < 4.78 is 11.6. The lowest BCUT2D eigenvalue weighted by molar-refractivity contribution is -0.120. The molecule has 1 aliphatic rings. The quantitative estimate of drug-likeness (QED) is 0.511. The third kappa shape index (κ3) is 7.99. The molecule has 0 bridgehead atoms. The van der Waals surface area contributed by atoms with E-state index < -0.39 is 0 Å². The number of hydrogen-bond donors (Lipinski definition) is 2. The first-order valence-corrected chi connectivity index (χ1v) is 9.96. The number of ether oxygens (including phenoxy) is 2. The zero-order chi connectivity index (χ0) is 19.6. The number of benzene rings is 1. The maximum Gasteiger partial charge on any atom is 0.254 e. The number of nitrogens with zero attached hydrogens (tertiary/aromatic N) is 1. The summed E-state index contributed by atoms with van der Waals surface area (Å²) in [5.41, 5.74) is 3.37. The Morgan fingerprint density at radius 2 is 1.85 bits per heavy atom. The molecule has 0 atom stereocenters. The van der Waals surface area contributed by atoms with E-state index in [1.54, 1.807) is 6.21 Å². The highest BCUT2D eigenvalue weighted by molar-refractivity contribution is 5.86. The van der Waals surface area contributed by atoms with Gasteiger partial charge in [0.05, 0.1) is 25.0 Å². The Bertz CT molecular complexity index is 623.